The van der Waals surface area contributed by atoms with Gasteiger partial charge in [-0.2, -0.15) is 0 Å². The summed E-state index contributed by atoms with van der Waals surface area (Å²) in [6, 6.07) is 21.4. The van der Waals surface area contributed by atoms with Crippen molar-refractivity contribution in [2.24, 2.45) is 0 Å². The van der Waals surface area contributed by atoms with E-state index >= 15 is 0 Å². The number of aryl methyl sites for hydroxylation is 2. The van der Waals surface area contributed by atoms with E-state index in [0.29, 0.717) is 23.2 Å². The molecule has 0 aliphatic rings. The van der Waals surface area contributed by atoms with Crippen molar-refractivity contribution in [1.82, 2.24) is 4.98 Å². The van der Waals surface area contributed by atoms with Crippen LogP contribution in [0.25, 0.3) is 10.2 Å². The Balaban J connectivity index is 1.65. The van der Waals surface area contributed by atoms with Crippen LogP contribution in [0.5, 0.6) is 11.5 Å². The van der Waals surface area contributed by atoms with Crippen molar-refractivity contribution in [2.75, 3.05) is 18.6 Å². The van der Waals surface area contributed by atoms with Crippen LogP contribution in [-0.2, 0) is 11.3 Å². The first-order valence-electron chi connectivity index (χ1n) is 10.0. The van der Waals surface area contributed by atoms with Gasteiger partial charge in [0.25, 0.3) is 5.91 Å². The van der Waals surface area contributed by atoms with E-state index in [0.717, 1.165) is 26.9 Å². The van der Waals surface area contributed by atoms with Gasteiger partial charge in [-0.3, -0.25) is 9.69 Å². The molecule has 0 radical (unpaired) electrons. The maximum Gasteiger partial charge on any atom is 0.267 e. The van der Waals surface area contributed by atoms with Gasteiger partial charge in [0.2, 0.25) is 0 Å². The maximum atomic E-state index is 13.3. The molecule has 1 heterocycles. The third-order valence-electron chi connectivity index (χ3n) is 5.07. The van der Waals surface area contributed by atoms with Gasteiger partial charge in [-0.05, 0) is 42.7 Å². The van der Waals surface area contributed by atoms with Gasteiger partial charge in [-0.15, -0.1) is 0 Å². The molecule has 4 aromatic rings. The molecule has 5 nitrogen and oxygen atoms in total. The third-order valence-corrected chi connectivity index (χ3v) is 6.28. The first-order chi connectivity index (χ1) is 15.1. The minimum atomic E-state index is -0.163. The summed E-state index contributed by atoms with van der Waals surface area (Å²) in [6.45, 7) is 4.42. The molecule has 158 valence electrons. The normalized spacial score (nSPS) is 10.8. The second kappa shape index (κ2) is 9.18. The first kappa shape index (κ1) is 20.9. The molecule has 0 saturated heterocycles. The van der Waals surface area contributed by atoms with Crippen LogP contribution in [0.3, 0.4) is 0 Å². The molecule has 0 spiro atoms. The highest BCUT2D eigenvalue weighted by molar-refractivity contribution is 7.22. The Labute approximate surface area is 185 Å². The number of thiazole rings is 1. The smallest absolute Gasteiger partial charge is 0.267 e. The fraction of sp³-hybridized carbons (Fsp3) is 0.200. The van der Waals surface area contributed by atoms with Crippen molar-refractivity contribution < 1.29 is 14.3 Å². The van der Waals surface area contributed by atoms with Gasteiger partial charge in [-0.1, -0.05) is 65.9 Å². The summed E-state index contributed by atoms with van der Waals surface area (Å²) in [6.07, 6.45) is 0. The highest BCUT2D eigenvalue weighted by atomic mass is 32.1. The monoisotopic (exact) mass is 432 g/mol. The van der Waals surface area contributed by atoms with E-state index in [1.807, 2.05) is 49.4 Å². The van der Waals surface area contributed by atoms with Crippen molar-refractivity contribution in [3.05, 3.63) is 83.4 Å². The Morgan fingerprint density at radius 1 is 0.935 bits per heavy atom. The van der Waals surface area contributed by atoms with Crippen LogP contribution in [0, 0.1) is 13.8 Å². The lowest BCUT2D eigenvalue weighted by Gasteiger charge is -2.20. The highest BCUT2D eigenvalue weighted by Gasteiger charge is 2.22. The summed E-state index contributed by atoms with van der Waals surface area (Å²) in [4.78, 5) is 19.8. The first-order valence-corrected chi connectivity index (χ1v) is 10.9. The van der Waals surface area contributed by atoms with Crippen molar-refractivity contribution in [1.29, 1.82) is 0 Å². The molecule has 6 heteroatoms. The van der Waals surface area contributed by atoms with E-state index < -0.39 is 0 Å². The van der Waals surface area contributed by atoms with Gasteiger partial charge < -0.3 is 9.47 Å². The molecule has 4 rings (SSSR count). The van der Waals surface area contributed by atoms with Crippen molar-refractivity contribution in [3.63, 3.8) is 0 Å². The lowest BCUT2D eigenvalue weighted by Crippen LogP contribution is -2.34. The minimum Gasteiger partial charge on any atom is -0.493 e. The molecular weight excluding hydrogens is 408 g/mol. The molecule has 31 heavy (non-hydrogen) atoms. The summed E-state index contributed by atoms with van der Waals surface area (Å²) in [5.41, 5.74) is 4.22. The summed E-state index contributed by atoms with van der Waals surface area (Å²) < 4.78 is 12.2. The second-order valence-electron chi connectivity index (χ2n) is 7.28. The highest BCUT2D eigenvalue weighted by Crippen LogP contribution is 2.34. The predicted molar refractivity (Wildman–Crippen MR) is 125 cm³/mol. The number of anilines is 1. The number of benzene rings is 3. The lowest BCUT2D eigenvalue weighted by atomic mass is 10.1. The summed E-state index contributed by atoms with van der Waals surface area (Å²) in [5.74, 6) is 0.967. The number of rotatable bonds is 7. The predicted octanol–water partition coefficient (Wildman–Crippen LogP) is 5.53. The molecule has 1 aromatic heterocycles. The van der Waals surface area contributed by atoms with E-state index in [-0.39, 0.29) is 12.5 Å². The molecule has 0 saturated carbocycles. The third kappa shape index (κ3) is 4.54. The molecule has 0 unspecified atom stereocenters. The number of amides is 1. The van der Waals surface area contributed by atoms with E-state index in [2.05, 4.69) is 19.1 Å². The molecule has 0 aliphatic heterocycles. The molecule has 0 aliphatic carbocycles. The van der Waals surface area contributed by atoms with Crippen LogP contribution in [0.4, 0.5) is 5.13 Å². The summed E-state index contributed by atoms with van der Waals surface area (Å²) in [5, 5.41) is 0.671. The number of carbonyl (C=O) groups is 1. The van der Waals surface area contributed by atoms with Crippen LogP contribution in [0.15, 0.2) is 66.7 Å². The van der Waals surface area contributed by atoms with Gasteiger partial charge in [0.05, 0.1) is 23.9 Å². The number of carbonyl (C=O) groups excluding carboxylic acids is 1. The van der Waals surface area contributed by atoms with Gasteiger partial charge in [0.15, 0.2) is 23.2 Å². The van der Waals surface area contributed by atoms with Crippen LogP contribution in [-0.4, -0.2) is 24.6 Å². The zero-order valence-electron chi connectivity index (χ0n) is 17.8. The number of hydrogen-bond acceptors (Lipinski definition) is 5. The molecule has 0 N–H and O–H groups in total. The van der Waals surface area contributed by atoms with Gasteiger partial charge in [0.1, 0.15) is 0 Å². The van der Waals surface area contributed by atoms with E-state index in [1.165, 1.54) is 11.3 Å². The minimum absolute atomic E-state index is 0.110. The molecule has 0 fully saturated rings. The van der Waals surface area contributed by atoms with Gasteiger partial charge in [0, 0.05) is 0 Å². The number of para-hydroxylation sites is 2. The number of ether oxygens (including phenoxy) is 2. The zero-order valence-corrected chi connectivity index (χ0v) is 18.6. The SMILES string of the molecule is COc1ccccc1OCC(=O)N(Cc1ccccc1)c1nc2c(C)ccc(C)c2s1. The Hall–Kier alpha value is -3.38. The largest absolute Gasteiger partial charge is 0.493 e. The molecule has 0 bridgehead atoms. The molecule has 1 amide bonds. The standard InChI is InChI=1S/C25H24N2O3S/c1-17-13-14-18(2)24-23(17)26-25(31-24)27(15-19-9-5-4-6-10-19)22(28)16-30-21-12-8-7-11-20(21)29-3/h4-14H,15-16H2,1-3H3. The van der Waals surface area contributed by atoms with Gasteiger partial charge >= 0.3 is 0 Å². The number of hydrogen-bond donors (Lipinski definition) is 0. The topological polar surface area (TPSA) is 51.7 Å². The summed E-state index contributed by atoms with van der Waals surface area (Å²) >= 11 is 1.54. The zero-order chi connectivity index (χ0) is 21.8. The molecule has 0 atom stereocenters. The Kier molecular flexibility index (Phi) is 6.18. The fourth-order valence-electron chi connectivity index (χ4n) is 3.35. The van der Waals surface area contributed by atoms with E-state index in [1.54, 1.807) is 24.1 Å². The fourth-order valence-corrected chi connectivity index (χ4v) is 4.48. The molecular formula is C25H24N2O3S. The van der Waals surface area contributed by atoms with E-state index in [4.69, 9.17) is 14.5 Å². The van der Waals surface area contributed by atoms with Gasteiger partial charge in [-0.25, -0.2) is 4.98 Å². The Morgan fingerprint density at radius 2 is 1.61 bits per heavy atom. The number of fused-ring (bicyclic) bond motifs is 1. The Bertz CT molecular complexity index is 1170. The lowest BCUT2D eigenvalue weighted by molar-refractivity contribution is -0.120. The van der Waals surface area contributed by atoms with Crippen molar-refractivity contribution >= 4 is 32.6 Å². The number of aromatic nitrogens is 1. The maximum absolute atomic E-state index is 13.3. The summed E-state index contributed by atoms with van der Waals surface area (Å²) in [7, 11) is 1.58. The average Bonchev–Trinajstić information content (AvgIpc) is 3.26. The van der Waals surface area contributed by atoms with Crippen molar-refractivity contribution in [2.45, 2.75) is 20.4 Å². The van der Waals surface area contributed by atoms with E-state index in [9.17, 15) is 4.79 Å². The van der Waals surface area contributed by atoms with Crippen molar-refractivity contribution in [3.8, 4) is 11.5 Å². The number of methoxy groups -OCH3 is 1. The second-order valence-corrected chi connectivity index (χ2v) is 8.26. The van der Waals surface area contributed by atoms with Crippen LogP contribution < -0.4 is 14.4 Å². The van der Waals surface area contributed by atoms with Crippen LogP contribution in [0.2, 0.25) is 0 Å². The quantitative estimate of drug-likeness (QED) is 0.385. The van der Waals surface area contributed by atoms with Crippen LogP contribution >= 0.6 is 11.3 Å². The Morgan fingerprint density at radius 3 is 2.32 bits per heavy atom. The molecule has 3 aromatic carbocycles. The number of nitrogens with zero attached hydrogens (tertiary/aromatic N) is 2. The van der Waals surface area contributed by atoms with Crippen LogP contribution in [0.1, 0.15) is 16.7 Å². The average molecular weight is 433 g/mol.